The van der Waals surface area contributed by atoms with Crippen molar-refractivity contribution in [2.75, 3.05) is 5.73 Å². The molecule has 0 saturated heterocycles. The van der Waals surface area contributed by atoms with E-state index in [-0.39, 0.29) is 11.4 Å². The molecular formula is C16H18N4O. The molecule has 0 aliphatic heterocycles. The Morgan fingerprint density at radius 2 is 2.24 bits per heavy atom. The number of hydrogen-bond acceptors (Lipinski definition) is 4. The Morgan fingerprint density at radius 3 is 2.90 bits per heavy atom. The van der Waals surface area contributed by atoms with Gasteiger partial charge in [-0.3, -0.25) is 0 Å². The molecule has 0 aliphatic rings. The fraction of sp³-hybridized carbons (Fsp3) is 0.250. The lowest BCUT2D eigenvalue weighted by Crippen LogP contribution is -2.03. The van der Waals surface area contributed by atoms with Gasteiger partial charge in [-0.05, 0) is 25.0 Å². The van der Waals surface area contributed by atoms with Gasteiger partial charge in [0.05, 0.1) is 6.54 Å². The van der Waals surface area contributed by atoms with Gasteiger partial charge < -0.3 is 10.5 Å². The van der Waals surface area contributed by atoms with E-state index in [9.17, 15) is 5.26 Å². The van der Waals surface area contributed by atoms with Crippen molar-refractivity contribution in [3.05, 3.63) is 53.1 Å². The first-order chi connectivity index (χ1) is 10.1. The second-order valence-electron chi connectivity index (χ2n) is 4.87. The molecular weight excluding hydrogens is 264 g/mol. The Hall–Kier alpha value is -2.74. The van der Waals surface area contributed by atoms with Crippen LogP contribution >= 0.6 is 0 Å². The van der Waals surface area contributed by atoms with Gasteiger partial charge in [-0.1, -0.05) is 29.8 Å². The molecule has 5 nitrogen and oxygen atoms in total. The lowest BCUT2D eigenvalue weighted by molar-refractivity contribution is 0.288. The number of aromatic nitrogens is 2. The van der Waals surface area contributed by atoms with Crippen molar-refractivity contribution < 1.29 is 4.74 Å². The Bertz CT molecular complexity index is 710. The quantitative estimate of drug-likeness (QED) is 0.855. The minimum absolute atomic E-state index is 0.262. The maximum atomic E-state index is 9.19. The summed E-state index contributed by atoms with van der Waals surface area (Å²) in [5, 5.41) is 13.4. The SMILES string of the molecule is C=CCn1nc(OCc2cc(C)ccc2C)c(C#N)c1N. The number of nitrogen functional groups attached to an aromatic ring is 1. The van der Waals surface area contributed by atoms with Crippen LogP contribution in [-0.4, -0.2) is 9.78 Å². The van der Waals surface area contributed by atoms with E-state index in [0.717, 1.165) is 16.7 Å². The highest BCUT2D eigenvalue weighted by atomic mass is 16.5. The minimum atomic E-state index is 0.262. The number of ether oxygens (including phenoxy) is 1. The number of anilines is 1. The van der Waals surface area contributed by atoms with E-state index in [1.165, 1.54) is 4.68 Å². The van der Waals surface area contributed by atoms with E-state index < -0.39 is 0 Å². The molecule has 108 valence electrons. The third-order valence-corrected chi connectivity index (χ3v) is 3.24. The molecule has 0 saturated carbocycles. The zero-order valence-electron chi connectivity index (χ0n) is 12.3. The number of nitriles is 1. The van der Waals surface area contributed by atoms with E-state index in [4.69, 9.17) is 10.5 Å². The Labute approximate surface area is 124 Å². The first kappa shape index (κ1) is 14.7. The number of nitrogens with two attached hydrogens (primary N) is 1. The third kappa shape index (κ3) is 3.06. The topological polar surface area (TPSA) is 76.9 Å². The van der Waals surface area contributed by atoms with Gasteiger partial charge in [-0.25, -0.2) is 4.68 Å². The van der Waals surface area contributed by atoms with Gasteiger partial charge in [0, 0.05) is 0 Å². The van der Waals surface area contributed by atoms with Gasteiger partial charge in [0.15, 0.2) is 5.56 Å². The van der Waals surface area contributed by atoms with E-state index in [1.54, 1.807) is 6.08 Å². The molecule has 0 aliphatic carbocycles. The molecule has 21 heavy (non-hydrogen) atoms. The predicted molar refractivity (Wildman–Crippen MR) is 81.8 cm³/mol. The van der Waals surface area contributed by atoms with Crippen LogP contribution in [0.3, 0.4) is 0 Å². The monoisotopic (exact) mass is 282 g/mol. The second kappa shape index (κ2) is 6.14. The third-order valence-electron chi connectivity index (χ3n) is 3.24. The normalized spacial score (nSPS) is 10.1. The standard InChI is InChI=1S/C16H18N4O/c1-4-7-20-15(18)14(9-17)16(19-20)21-10-13-8-11(2)5-6-12(13)3/h4-6,8H,1,7,10,18H2,2-3H3. The molecule has 2 N–H and O–H groups in total. The Kier molecular flexibility index (Phi) is 4.29. The lowest BCUT2D eigenvalue weighted by atomic mass is 10.1. The summed E-state index contributed by atoms with van der Waals surface area (Å²) >= 11 is 0. The number of benzene rings is 1. The number of hydrogen-bond donors (Lipinski definition) is 1. The molecule has 0 spiro atoms. The molecule has 2 aromatic rings. The molecule has 0 radical (unpaired) electrons. The highest BCUT2D eigenvalue weighted by molar-refractivity contribution is 5.55. The van der Waals surface area contributed by atoms with Crippen molar-refractivity contribution in [1.82, 2.24) is 9.78 Å². The first-order valence-corrected chi connectivity index (χ1v) is 6.63. The molecule has 1 heterocycles. The molecule has 0 amide bonds. The van der Waals surface area contributed by atoms with Gasteiger partial charge in [0.2, 0.25) is 0 Å². The van der Waals surface area contributed by atoms with Crippen molar-refractivity contribution in [2.24, 2.45) is 0 Å². The van der Waals surface area contributed by atoms with Crippen molar-refractivity contribution in [3.8, 4) is 11.9 Å². The van der Waals surface area contributed by atoms with Crippen molar-refractivity contribution in [2.45, 2.75) is 27.0 Å². The average molecular weight is 282 g/mol. The van der Waals surface area contributed by atoms with Crippen LogP contribution in [-0.2, 0) is 13.2 Å². The summed E-state index contributed by atoms with van der Waals surface area (Å²) in [6.07, 6.45) is 1.67. The summed E-state index contributed by atoms with van der Waals surface area (Å²) in [6, 6.07) is 8.20. The molecule has 0 atom stereocenters. The van der Waals surface area contributed by atoms with Crippen LogP contribution < -0.4 is 10.5 Å². The maximum Gasteiger partial charge on any atom is 0.253 e. The van der Waals surface area contributed by atoms with Crippen LogP contribution in [0.1, 0.15) is 22.3 Å². The van der Waals surface area contributed by atoms with E-state index in [2.05, 4.69) is 23.8 Å². The Morgan fingerprint density at radius 1 is 1.48 bits per heavy atom. The lowest BCUT2D eigenvalue weighted by Gasteiger charge is -2.07. The molecule has 0 unspecified atom stereocenters. The highest BCUT2D eigenvalue weighted by Gasteiger charge is 2.16. The number of allylic oxidation sites excluding steroid dienone is 1. The van der Waals surface area contributed by atoms with Crippen molar-refractivity contribution in [1.29, 1.82) is 5.26 Å². The zero-order chi connectivity index (χ0) is 15.4. The molecule has 1 aromatic carbocycles. The number of aryl methyl sites for hydroxylation is 2. The highest BCUT2D eigenvalue weighted by Crippen LogP contribution is 2.24. The smallest absolute Gasteiger partial charge is 0.253 e. The fourth-order valence-corrected chi connectivity index (χ4v) is 2.02. The van der Waals surface area contributed by atoms with Gasteiger partial charge in [-0.2, -0.15) is 5.26 Å². The summed E-state index contributed by atoms with van der Waals surface area (Å²) < 4.78 is 7.19. The Balaban J connectivity index is 2.24. The molecule has 0 fully saturated rings. The summed E-state index contributed by atoms with van der Waals surface area (Å²) in [5.41, 5.74) is 9.51. The zero-order valence-corrected chi connectivity index (χ0v) is 12.3. The van der Waals surface area contributed by atoms with Crippen LogP contribution in [0.25, 0.3) is 0 Å². The number of rotatable bonds is 5. The summed E-state index contributed by atoms with van der Waals surface area (Å²) in [7, 11) is 0. The largest absolute Gasteiger partial charge is 0.471 e. The van der Waals surface area contributed by atoms with E-state index >= 15 is 0 Å². The molecule has 2 rings (SSSR count). The summed E-state index contributed by atoms with van der Waals surface area (Å²) in [5.74, 6) is 0.561. The van der Waals surface area contributed by atoms with Gasteiger partial charge >= 0.3 is 0 Å². The van der Waals surface area contributed by atoms with Gasteiger partial charge in [0.25, 0.3) is 5.88 Å². The van der Waals surface area contributed by atoms with Crippen LogP contribution in [0.2, 0.25) is 0 Å². The van der Waals surface area contributed by atoms with Crippen LogP contribution in [0.5, 0.6) is 5.88 Å². The summed E-state index contributed by atoms with van der Waals surface area (Å²) in [6.45, 7) is 8.48. The molecule has 0 bridgehead atoms. The van der Waals surface area contributed by atoms with Gasteiger partial charge in [0.1, 0.15) is 18.5 Å². The van der Waals surface area contributed by atoms with E-state index in [0.29, 0.717) is 19.0 Å². The van der Waals surface area contributed by atoms with E-state index in [1.807, 2.05) is 26.0 Å². The second-order valence-corrected chi connectivity index (χ2v) is 4.87. The minimum Gasteiger partial charge on any atom is -0.471 e. The summed E-state index contributed by atoms with van der Waals surface area (Å²) in [4.78, 5) is 0. The molecule has 1 aromatic heterocycles. The van der Waals surface area contributed by atoms with Crippen molar-refractivity contribution in [3.63, 3.8) is 0 Å². The van der Waals surface area contributed by atoms with Crippen molar-refractivity contribution >= 4 is 5.82 Å². The van der Waals surface area contributed by atoms with Gasteiger partial charge in [-0.15, -0.1) is 11.7 Å². The number of nitrogens with zero attached hydrogens (tertiary/aromatic N) is 3. The van der Waals surface area contributed by atoms with Crippen LogP contribution in [0.15, 0.2) is 30.9 Å². The first-order valence-electron chi connectivity index (χ1n) is 6.63. The maximum absolute atomic E-state index is 9.19. The fourth-order valence-electron chi connectivity index (χ4n) is 2.02. The van der Waals surface area contributed by atoms with Crippen LogP contribution in [0, 0.1) is 25.2 Å². The predicted octanol–water partition coefficient (Wildman–Crippen LogP) is 2.72. The van der Waals surface area contributed by atoms with Crippen LogP contribution in [0.4, 0.5) is 5.82 Å². The average Bonchev–Trinajstić information content (AvgIpc) is 2.76. The molecule has 5 heteroatoms.